The van der Waals surface area contributed by atoms with Gasteiger partial charge in [0.15, 0.2) is 0 Å². The highest BCUT2D eigenvalue weighted by molar-refractivity contribution is 5.97. The number of benzene rings is 2. The lowest BCUT2D eigenvalue weighted by Gasteiger charge is -2.47. The molecule has 0 radical (unpaired) electrons. The third-order valence-electron chi connectivity index (χ3n) is 7.48. The zero-order valence-electron chi connectivity index (χ0n) is 20.9. The van der Waals surface area contributed by atoms with Crippen LogP contribution in [-0.2, 0) is 22.6 Å². The van der Waals surface area contributed by atoms with Crippen LogP contribution in [0.15, 0.2) is 61.2 Å². The number of aryl methyl sites for hydroxylation is 1. The summed E-state index contributed by atoms with van der Waals surface area (Å²) in [4.78, 5) is 38.7. The van der Waals surface area contributed by atoms with Crippen molar-refractivity contribution in [2.75, 3.05) is 27.3 Å². The molecule has 9 nitrogen and oxygen atoms in total. The van der Waals surface area contributed by atoms with E-state index >= 15 is 0 Å². The highest BCUT2D eigenvalue weighted by atomic mass is 16.5. The summed E-state index contributed by atoms with van der Waals surface area (Å²) in [6.45, 7) is 1.31. The summed E-state index contributed by atoms with van der Waals surface area (Å²) in [5.74, 6) is 1.20. The van der Waals surface area contributed by atoms with E-state index in [4.69, 9.17) is 9.47 Å². The SMILES string of the molecule is COc1ccc(OC)c([C@@H]2c3[nH]c4ccccc4c3C[C@H]3C(=O)N(CCCn4ccnc4)CC(=O)N23)c1. The van der Waals surface area contributed by atoms with Crippen molar-refractivity contribution in [3.63, 3.8) is 0 Å². The van der Waals surface area contributed by atoms with Gasteiger partial charge in [-0.2, -0.15) is 0 Å². The molecular weight excluding hydrogens is 470 g/mol. The topological polar surface area (TPSA) is 92.7 Å². The molecule has 2 amide bonds. The number of H-pyrrole nitrogens is 1. The summed E-state index contributed by atoms with van der Waals surface area (Å²) in [5, 5.41) is 1.07. The summed E-state index contributed by atoms with van der Waals surface area (Å²) in [6.07, 6.45) is 6.60. The van der Waals surface area contributed by atoms with Crippen LogP contribution in [0.5, 0.6) is 11.5 Å². The van der Waals surface area contributed by atoms with Crippen LogP contribution in [-0.4, -0.2) is 69.5 Å². The fraction of sp³-hybridized carbons (Fsp3) is 0.321. The van der Waals surface area contributed by atoms with Crippen LogP contribution >= 0.6 is 0 Å². The van der Waals surface area contributed by atoms with E-state index < -0.39 is 12.1 Å². The predicted octanol–water partition coefficient (Wildman–Crippen LogP) is 3.16. The number of imidazole rings is 1. The standard InChI is InChI=1S/C28H29N5O4/c1-36-18-8-9-24(37-2)21(14-18)27-26-20(19-6-3-4-7-22(19)30-26)15-23-28(35)32(16-25(34)33(23)27)12-5-11-31-13-10-29-17-31/h3-4,6-10,13-14,17,23,27,30H,5,11-12,15-16H2,1-2H3/t23-,27+/m0/s1. The summed E-state index contributed by atoms with van der Waals surface area (Å²) in [7, 11) is 3.23. The minimum atomic E-state index is -0.595. The maximum Gasteiger partial charge on any atom is 0.246 e. The number of nitrogens with zero attached hydrogens (tertiary/aromatic N) is 4. The fourth-order valence-corrected chi connectivity index (χ4v) is 5.75. The van der Waals surface area contributed by atoms with E-state index in [0.29, 0.717) is 24.5 Å². The van der Waals surface area contributed by atoms with Crippen molar-refractivity contribution >= 4 is 22.7 Å². The lowest BCUT2D eigenvalue weighted by molar-refractivity contribution is -0.158. The first-order valence-electron chi connectivity index (χ1n) is 12.5. The van der Waals surface area contributed by atoms with Crippen molar-refractivity contribution in [2.45, 2.75) is 31.5 Å². The lowest BCUT2D eigenvalue weighted by atomic mass is 9.85. The molecular formula is C28H29N5O4. The van der Waals surface area contributed by atoms with Crippen molar-refractivity contribution in [3.8, 4) is 11.5 Å². The molecule has 6 rings (SSSR count). The van der Waals surface area contributed by atoms with Crippen molar-refractivity contribution in [3.05, 3.63) is 78.0 Å². The predicted molar refractivity (Wildman–Crippen MR) is 137 cm³/mol. The quantitative estimate of drug-likeness (QED) is 0.422. The average molecular weight is 500 g/mol. The van der Waals surface area contributed by atoms with E-state index in [1.165, 1.54) is 0 Å². The van der Waals surface area contributed by atoms with E-state index in [-0.39, 0.29) is 18.4 Å². The Morgan fingerprint density at radius 3 is 2.73 bits per heavy atom. The summed E-state index contributed by atoms with van der Waals surface area (Å²) in [5.41, 5.74) is 3.75. The molecule has 0 unspecified atom stereocenters. The number of piperazine rings is 1. The van der Waals surface area contributed by atoms with E-state index in [1.54, 1.807) is 36.5 Å². The molecule has 4 heterocycles. The second kappa shape index (κ2) is 9.31. The molecule has 1 N–H and O–H groups in total. The van der Waals surface area contributed by atoms with Crippen LogP contribution < -0.4 is 9.47 Å². The molecule has 0 spiro atoms. The van der Waals surface area contributed by atoms with Crippen LogP contribution in [0.3, 0.4) is 0 Å². The largest absolute Gasteiger partial charge is 0.497 e. The number of aromatic nitrogens is 3. The number of amides is 2. The highest BCUT2D eigenvalue weighted by Gasteiger charge is 2.48. The van der Waals surface area contributed by atoms with Crippen molar-refractivity contribution < 1.29 is 19.1 Å². The third-order valence-corrected chi connectivity index (χ3v) is 7.48. The number of carbonyl (C=O) groups is 2. The van der Waals surface area contributed by atoms with Gasteiger partial charge in [0.2, 0.25) is 11.8 Å². The van der Waals surface area contributed by atoms with Gasteiger partial charge in [0, 0.05) is 54.1 Å². The first kappa shape index (κ1) is 23.1. The van der Waals surface area contributed by atoms with Crippen LogP contribution in [0.1, 0.15) is 29.3 Å². The Balaban J connectivity index is 1.41. The lowest BCUT2D eigenvalue weighted by Crippen LogP contribution is -2.63. The average Bonchev–Trinajstić information content (AvgIpc) is 3.57. The monoisotopic (exact) mass is 499 g/mol. The number of hydrogen-bond acceptors (Lipinski definition) is 5. The number of carbonyl (C=O) groups excluding carboxylic acids is 2. The van der Waals surface area contributed by atoms with Gasteiger partial charge in [0.1, 0.15) is 23.6 Å². The second-order valence-electron chi connectivity index (χ2n) is 9.51. The molecule has 2 aromatic carbocycles. The van der Waals surface area contributed by atoms with Gasteiger partial charge in [-0.05, 0) is 36.2 Å². The highest BCUT2D eigenvalue weighted by Crippen LogP contribution is 2.45. The van der Waals surface area contributed by atoms with E-state index in [2.05, 4.69) is 16.0 Å². The molecule has 2 aliphatic rings. The van der Waals surface area contributed by atoms with Gasteiger partial charge in [0.05, 0.1) is 27.1 Å². The maximum atomic E-state index is 13.9. The molecule has 0 saturated carbocycles. The van der Waals surface area contributed by atoms with E-state index in [0.717, 1.165) is 40.7 Å². The molecule has 37 heavy (non-hydrogen) atoms. The van der Waals surface area contributed by atoms with Gasteiger partial charge >= 0.3 is 0 Å². The van der Waals surface area contributed by atoms with Crippen LogP contribution in [0.4, 0.5) is 0 Å². The molecule has 9 heteroatoms. The second-order valence-corrected chi connectivity index (χ2v) is 9.51. The molecule has 4 aromatic rings. The van der Waals surface area contributed by atoms with Gasteiger partial charge in [-0.15, -0.1) is 0 Å². The number of para-hydroxylation sites is 1. The Bertz CT molecular complexity index is 1460. The Hall–Kier alpha value is -4.27. The van der Waals surface area contributed by atoms with E-state index in [1.807, 2.05) is 47.2 Å². The number of nitrogens with one attached hydrogen (secondary N) is 1. The smallest absolute Gasteiger partial charge is 0.246 e. The summed E-state index contributed by atoms with van der Waals surface area (Å²) < 4.78 is 13.2. The fourth-order valence-electron chi connectivity index (χ4n) is 5.75. The third kappa shape index (κ3) is 3.91. The first-order chi connectivity index (χ1) is 18.1. The van der Waals surface area contributed by atoms with Crippen LogP contribution in [0, 0.1) is 0 Å². The Morgan fingerprint density at radius 2 is 1.95 bits per heavy atom. The molecule has 1 fully saturated rings. The van der Waals surface area contributed by atoms with Gasteiger partial charge < -0.3 is 28.8 Å². The molecule has 0 bridgehead atoms. The molecule has 190 valence electrons. The minimum absolute atomic E-state index is 0.0203. The molecule has 2 aromatic heterocycles. The molecule has 0 aliphatic carbocycles. The van der Waals surface area contributed by atoms with Crippen LogP contribution in [0.2, 0.25) is 0 Å². The number of methoxy groups -OCH3 is 2. The van der Waals surface area contributed by atoms with Gasteiger partial charge in [-0.3, -0.25) is 9.59 Å². The zero-order valence-corrected chi connectivity index (χ0v) is 20.9. The number of fused-ring (bicyclic) bond motifs is 4. The van der Waals surface area contributed by atoms with Gasteiger partial charge in [0.25, 0.3) is 0 Å². The van der Waals surface area contributed by atoms with E-state index in [9.17, 15) is 9.59 Å². The molecule has 1 saturated heterocycles. The normalized spacial score (nSPS) is 19.2. The number of ether oxygens (including phenoxy) is 2. The number of aromatic amines is 1. The summed E-state index contributed by atoms with van der Waals surface area (Å²) >= 11 is 0. The maximum absolute atomic E-state index is 13.9. The molecule has 2 aliphatic heterocycles. The van der Waals surface area contributed by atoms with Gasteiger partial charge in [-0.25, -0.2) is 4.98 Å². The van der Waals surface area contributed by atoms with Crippen molar-refractivity contribution in [2.24, 2.45) is 0 Å². The number of hydrogen-bond donors (Lipinski definition) is 1. The Kier molecular flexibility index (Phi) is 5.82. The Morgan fingerprint density at radius 1 is 1.08 bits per heavy atom. The molecule has 2 atom stereocenters. The minimum Gasteiger partial charge on any atom is -0.497 e. The van der Waals surface area contributed by atoms with Crippen molar-refractivity contribution in [1.29, 1.82) is 0 Å². The van der Waals surface area contributed by atoms with Crippen LogP contribution in [0.25, 0.3) is 10.9 Å². The Labute approximate surface area is 214 Å². The number of rotatable bonds is 7. The summed E-state index contributed by atoms with van der Waals surface area (Å²) in [6, 6.07) is 12.6. The first-order valence-corrected chi connectivity index (χ1v) is 12.5. The zero-order chi connectivity index (χ0) is 25.5. The van der Waals surface area contributed by atoms with Crippen molar-refractivity contribution in [1.82, 2.24) is 24.3 Å². The van der Waals surface area contributed by atoms with Gasteiger partial charge in [-0.1, -0.05) is 18.2 Å².